The van der Waals surface area contributed by atoms with Gasteiger partial charge >= 0.3 is 6.18 Å². The van der Waals surface area contributed by atoms with Crippen LogP contribution in [0.2, 0.25) is 0 Å². The van der Waals surface area contributed by atoms with Crippen molar-refractivity contribution < 1.29 is 47.3 Å². The Bertz CT molecular complexity index is 1300. The smallest absolute Gasteiger partial charge is 0.430 e. The molecule has 3 fully saturated rings. The number of aryl methyl sites for hydroxylation is 1. The normalized spacial score (nSPS) is 29.1. The molecule has 1 aliphatic carbocycles. The van der Waals surface area contributed by atoms with Crippen LogP contribution in [0.15, 0.2) is 30.3 Å². The maximum atomic E-state index is 14.4. The highest BCUT2D eigenvalue weighted by atomic mass is 32.1. The van der Waals surface area contributed by atoms with Gasteiger partial charge in [-0.05, 0) is 50.0 Å². The number of carbonyl (C=O) groups excluding carboxylic acids is 2. The van der Waals surface area contributed by atoms with Crippen molar-refractivity contribution in [1.82, 2.24) is 9.88 Å². The predicted octanol–water partition coefficient (Wildman–Crippen LogP) is 1.86. The van der Waals surface area contributed by atoms with Crippen molar-refractivity contribution in [3.8, 4) is 0 Å². The van der Waals surface area contributed by atoms with Gasteiger partial charge in [0.1, 0.15) is 29.5 Å². The van der Waals surface area contributed by atoms with Gasteiger partial charge in [0.15, 0.2) is 0 Å². The number of carbonyl (C=O) groups is 2. The van der Waals surface area contributed by atoms with Crippen molar-refractivity contribution in [2.45, 2.75) is 81.5 Å². The quantitative estimate of drug-likeness (QED) is 0.506. The molecular weight excluding hydrogens is 591 g/mol. The third-order valence-electron chi connectivity index (χ3n) is 9.72. The van der Waals surface area contributed by atoms with Gasteiger partial charge in [-0.2, -0.15) is 13.2 Å². The molecule has 1 saturated carbocycles. The van der Waals surface area contributed by atoms with Gasteiger partial charge in [-0.1, -0.05) is 30.3 Å². The van der Waals surface area contributed by atoms with Crippen molar-refractivity contribution in [3.63, 3.8) is 0 Å². The average molecular weight is 630 g/mol. The van der Waals surface area contributed by atoms with E-state index in [1.807, 2.05) is 6.07 Å². The number of rotatable bonds is 3. The SMILES string of the molecule is Cc1nc2c(s1)[C@]1(C[NH2+]C2)C[NH2+]C[C@H]1C(=O)N1CC[C@@H](c2ccccc2)C[C@H]1C1CCC(F)(F)CC1.O=C([O-])C(F)(F)F. The molecule has 1 aromatic carbocycles. The Morgan fingerprint density at radius 1 is 1.07 bits per heavy atom. The van der Waals surface area contributed by atoms with Crippen LogP contribution >= 0.6 is 11.3 Å². The van der Waals surface area contributed by atoms with E-state index in [9.17, 15) is 26.7 Å². The third-order valence-corrected chi connectivity index (χ3v) is 10.9. The highest BCUT2D eigenvalue weighted by Gasteiger charge is 2.58. The molecule has 4 heterocycles. The van der Waals surface area contributed by atoms with E-state index >= 15 is 0 Å². The molecule has 7 nitrogen and oxygen atoms in total. The first kappa shape index (κ1) is 31.8. The predicted molar refractivity (Wildman–Crippen MR) is 146 cm³/mol. The molecular formula is C30H38F5N4O3S+. The van der Waals surface area contributed by atoms with Crippen LogP contribution in [0.5, 0.6) is 0 Å². The van der Waals surface area contributed by atoms with Crippen LogP contribution in [0.25, 0.3) is 0 Å². The van der Waals surface area contributed by atoms with E-state index < -0.39 is 18.1 Å². The summed E-state index contributed by atoms with van der Waals surface area (Å²) in [5.41, 5.74) is 2.30. The van der Waals surface area contributed by atoms with Crippen LogP contribution in [-0.4, -0.2) is 66.1 Å². The number of hydrogen-bond donors (Lipinski definition) is 2. The molecule has 0 radical (unpaired) electrons. The topological polar surface area (TPSA) is 107 Å². The lowest BCUT2D eigenvalue weighted by Gasteiger charge is -2.47. The zero-order valence-electron chi connectivity index (χ0n) is 24.0. The number of nitrogens with zero attached hydrogens (tertiary/aromatic N) is 2. The summed E-state index contributed by atoms with van der Waals surface area (Å²) in [5, 5.41) is 14.5. The molecule has 4 atom stereocenters. The van der Waals surface area contributed by atoms with Crippen molar-refractivity contribution in [2.75, 3.05) is 26.2 Å². The van der Waals surface area contributed by atoms with E-state index in [1.165, 1.54) is 10.4 Å². The molecule has 6 rings (SSSR count). The molecule has 1 spiro atoms. The number of carboxylic acid groups (broad SMARTS) is 1. The lowest BCUT2D eigenvalue weighted by Crippen LogP contribution is -2.91. The van der Waals surface area contributed by atoms with E-state index in [1.54, 1.807) is 11.3 Å². The highest BCUT2D eigenvalue weighted by Crippen LogP contribution is 2.45. The standard InChI is InChI=1S/C28H36F2N4OS.C2HF3O2/c1-18-33-23-15-32-17-27(25(23)36-18)16-31-14-22(27)26(35)34-12-9-21(19-5-3-2-4-6-19)13-24(34)20-7-10-28(29,30)11-8-20;3-2(4,5)1(6)7/h2-6,20-22,24,31-32H,7-17H2,1H3;(H,6,7)/p+1/t21-,22+,24+,27+;/m1./s1. The highest BCUT2D eigenvalue weighted by molar-refractivity contribution is 7.11. The number of carboxylic acids is 1. The van der Waals surface area contributed by atoms with Gasteiger partial charge in [-0.25, -0.2) is 13.8 Å². The summed E-state index contributed by atoms with van der Waals surface area (Å²) in [7, 11) is 0. The Morgan fingerprint density at radius 3 is 2.37 bits per heavy atom. The van der Waals surface area contributed by atoms with E-state index in [2.05, 4.69) is 46.7 Å². The number of halogens is 5. The van der Waals surface area contributed by atoms with Crippen molar-refractivity contribution >= 4 is 23.2 Å². The zero-order chi connectivity index (χ0) is 31.0. The zero-order valence-corrected chi connectivity index (χ0v) is 24.9. The number of hydrogen-bond acceptors (Lipinski definition) is 5. The van der Waals surface area contributed by atoms with Crippen molar-refractivity contribution in [3.05, 3.63) is 51.5 Å². The summed E-state index contributed by atoms with van der Waals surface area (Å²) in [6.45, 7) is 6.34. The summed E-state index contributed by atoms with van der Waals surface area (Å²) in [6.07, 6.45) is -2.45. The molecule has 2 saturated heterocycles. The number of likely N-dealkylation sites (tertiary alicyclic amines) is 1. The second-order valence-electron chi connectivity index (χ2n) is 12.4. The maximum absolute atomic E-state index is 14.4. The molecule has 4 N–H and O–H groups in total. The largest absolute Gasteiger partial charge is 0.542 e. The van der Waals surface area contributed by atoms with Gasteiger partial charge in [0.25, 0.3) is 0 Å². The second kappa shape index (κ2) is 12.4. The molecule has 1 amide bonds. The Labute approximate surface area is 251 Å². The molecule has 236 valence electrons. The second-order valence-corrected chi connectivity index (χ2v) is 13.6. The summed E-state index contributed by atoms with van der Waals surface area (Å²) >= 11 is 1.78. The van der Waals surface area contributed by atoms with E-state index in [-0.39, 0.29) is 42.0 Å². The van der Waals surface area contributed by atoms with Crippen molar-refractivity contribution in [2.24, 2.45) is 11.8 Å². The molecule has 4 aliphatic rings. The number of alkyl halides is 5. The molecule has 13 heteroatoms. The molecule has 1 aromatic heterocycles. The minimum absolute atomic E-state index is 0.0421. The summed E-state index contributed by atoms with van der Waals surface area (Å²) in [4.78, 5) is 31.5. The number of thiazole rings is 1. The lowest BCUT2D eigenvalue weighted by atomic mass is 9.71. The molecule has 0 bridgehead atoms. The van der Waals surface area contributed by atoms with Crippen molar-refractivity contribution in [1.29, 1.82) is 0 Å². The average Bonchev–Trinajstić information content (AvgIpc) is 3.57. The van der Waals surface area contributed by atoms with Crippen LogP contribution in [0.4, 0.5) is 22.0 Å². The van der Waals surface area contributed by atoms with Gasteiger partial charge in [-0.15, -0.1) is 11.3 Å². The number of aliphatic carboxylic acids is 1. The Hall–Kier alpha value is -2.64. The van der Waals surface area contributed by atoms with Gasteiger partial charge in [0, 0.05) is 25.4 Å². The van der Waals surface area contributed by atoms with Crippen LogP contribution in [-0.2, 0) is 21.5 Å². The first-order valence-electron chi connectivity index (χ1n) is 14.9. The molecule has 0 unspecified atom stereocenters. The first-order chi connectivity index (χ1) is 20.3. The fourth-order valence-electron chi connectivity index (χ4n) is 7.64. The monoisotopic (exact) mass is 629 g/mol. The number of quaternary nitrogens is 2. The number of nitrogens with two attached hydrogens (primary N) is 2. The van der Waals surface area contributed by atoms with Gasteiger partial charge in [0.05, 0.1) is 29.5 Å². The minimum Gasteiger partial charge on any atom is -0.542 e. The third kappa shape index (κ3) is 6.73. The minimum atomic E-state index is -5.19. The fraction of sp³-hybridized carbons (Fsp3) is 0.633. The number of amides is 1. The van der Waals surface area contributed by atoms with Gasteiger partial charge in [0.2, 0.25) is 11.8 Å². The Morgan fingerprint density at radius 2 is 1.72 bits per heavy atom. The number of piperidine rings is 1. The Balaban J connectivity index is 0.000000472. The molecule has 43 heavy (non-hydrogen) atoms. The van der Waals surface area contributed by atoms with Crippen LogP contribution in [0, 0.1) is 18.8 Å². The first-order valence-corrected chi connectivity index (χ1v) is 15.7. The summed E-state index contributed by atoms with van der Waals surface area (Å²) in [6, 6.07) is 10.6. The number of fused-ring (bicyclic) bond motifs is 2. The van der Waals surface area contributed by atoms with Gasteiger partial charge in [-0.3, -0.25) is 4.79 Å². The summed E-state index contributed by atoms with van der Waals surface area (Å²) < 4.78 is 59.7. The van der Waals surface area contributed by atoms with E-state index in [4.69, 9.17) is 14.9 Å². The molecule has 3 aliphatic heterocycles. The number of aromatic nitrogens is 1. The lowest BCUT2D eigenvalue weighted by molar-refractivity contribution is -0.691. The maximum Gasteiger partial charge on any atom is 0.430 e. The van der Waals surface area contributed by atoms with Crippen LogP contribution < -0.4 is 15.7 Å². The van der Waals surface area contributed by atoms with Crippen LogP contribution in [0.3, 0.4) is 0 Å². The van der Waals surface area contributed by atoms with Crippen LogP contribution in [0.1, 0.15) is 65.6 Å². The molecule has 2 aromatic rings. The van der Waals surface area contributed by atoms with Gasteiger partial charge < -0.3 is 25.4 Å². The Kier molecular flexibility index (Phi) is 9.16. The fourth-order valence-corrected chi connectivity index (χ4v) is 8.85. The van der Waals surface area contributed by atoms with E-state index in [0.717, 1.165) is 56.3 Å². The van der Waals surface area contributed by atoms with E-state index in [0.29, 0.717) is 18.8 Å². The summed E-state index contributed by atoms with van der Waals surface area (Å²) in [5.74, 6) is -4.85. The number of benzene rings is 1.